The normalized spacial score (nSPS) is 43.6. The van der Waals surface area contributed by atoms with Crippen molar-refractivity contribution in [2.24, 2.45) is 40.4 Å². The molecule has 3 heteroatoms. The Morgan fingerprint density at radius 3 is 2.53 bits per heavy atom. The van der Waals surface area contributed by atoms with Crippen LogP contribution in [-0.4, -0.2) is 43.9 Å². The molecule has 4 aliphatic carbocycles. The second kappa shape index (κ2) is 9.04. The molecule has 0 bridgehead atoms. The Balaban J connectivity index is 1.36. The van der Waals surface area contributed by atoms with Crippen LogP contribution in [-0.2, 0) is 4.79 Å². The molecule has 8 unspecified atom stereocenters. The average molecular weight is 465 g/mol. The molecule has 0 aromatic carbocycles. The monoisotopic (exact) mass is 464 g/mol. The van der Waals surface area contributed by atoms with E-state index in [1.54, 1.807) is 11.1 Å². The van der Waals surface area contributed by atoms with Gasteiger partial charge in [0.25, 0.3) is 0 Å². The van der Waals surface area contributed by atoms with Crippen LogP contribution in [0.15, 0.2) is 34.9 Å². The van der Waals surface area contributed by atoms with Crippen molar-refractivity contribution in [1.29, 1.82) is 0 Å². The van der Waals surface area contributed by atoms with Crippen LogP contribution in [0.1, 0.15) is 79.1 Å². The molecule has 34 heavy (non-hydrogen) atoms. The van der Waals surface area contributed by atoms with Crippen LogP contribution < -0.4 is 5.32 Å². The van der Waals surface area contributed by atoms with Crippen LogP contribution in [0.2, 0.25) is 0 Å². The Labute approximate surface area is 208 Å². The van der Waals surface area contributed by atoms with Gasteiger partial charge in [-0.25, -0.2) is 0 Å². The van der Waals surface area contributed by atoms with Gasteiger partial charge < -0.3 is 5.32 Å². The third-order valence-corrected chi connectivity index (χ3v) is 11.4. The summed E-state index contributed by atoms with van der Waals surface area (Å²) >= 11 is 0. The van der Waals surface area contributed by atoms with Crippen molar-refractivity contribution in [3.05, 3.63) is 34.9 Å². The molecule has 0 spiro atoms. The summed E-state index contributed by atoms with van der Waals surface area (Å²) in [4.78, 5) is 15.6. The van der Waals surface area contributed by atoms with E-state index in [0.717, 1.165) is 37.8 Å². The minimum absolute atomic E-state index is 0.129. The van der Waals surface area contributed by atoms with Crippen molar-refractivity contribution in [1.82, 2.24) is 10.2 Å². The van der Waals surface area contributed by atoms with Crippen LogP contribution in [0.5, 0.6) is 0 Å². The molecule has 3 saturated carbocycles. The van der Waals surface area contributed by atoms with Gasteiger partial charge in [0.1, 0.15) is 0 Å². The number of carbonyl (C=O) groups is 1. The van der Waals surface area contributed by atoms with Gasteiger partial charge in [0.05, 0.1) is 6.04 Å². The summed E-state index contributed by atoms with van der Waals surface area (Å²) < 4.78 is 0. The van der Waals surface area contributed by atoms with E-state index in [9.17, 15) is 4.79 Å². The lowest BCUT2D eigenvalue weighted by Gasteiger charge is -2.57. The maximum absolute atomic E-state index is 13.5. The SMILES string of the molecule is CC1=C(C=CC(C)C2CCC3C4=CCC5C(=O)C(N(C)C)CCC5(C)C4CCC32C)CCNC1. The highest BCUT2D eigenvalue weighted by molar-refractivity contribution is 5.88. The first-order valence-electron chi connectivity index (χ1n) is 14.1. The van der Waals surface area contributed by atoms with E-state index >= 15 is 0 Å². The number of nitrogens with one attached hydrogen (secondary N) is 1. The first-order valence-corrected chi connectivity index (χ1v) is 14.1. The van der Waals surface area contributed by atoms with Gasteiger partial charge in [0, 0.05) is 12.5 Å². The summed E-state index contributed by atoms with van der Waals surface area (Å²) in [5, 5.41) is 3.49. The Morgan fingerprint density at radius 1 is 1.06 bits per heavy atom. The smallest absolute Gasteiger partial charge is 0.153 e. The number of rotatable bonds is 4. The Morgan fingerprint density at radius 2 is 1.79 bits per heavy atom. The largest absolute Gasteiger partial charge is 0.313 e. The van der Waals surface area contributed by atoms with Gasteiger partial charge in [0.15, 0.2) is 5.78 Å². The lowest BCUT2D eigenvalue weighted by atomic mass is 9.47. The highest BCUT2D eigenvalue weighted by Crippen LogP contribution is 2.66. The van der Waals surface area contributed by atoms with Gasteiger partial charge in [0.2, 0.25) is 0 Å². The zero-order chi connectivity index (χ0) is 24.3. The predicted octanol–water partition coefficient (Wildman–Crippen LogP) is 6.18. The second-order valence-corrected chi connectivity index (χ2v) is 13.2. The molecule has 5 rings (SSSR count). The maximum atomic E-state index is 13.5. The van der Waals surface area contributed by atoms with E-state index in [4.69, 9.17) is 0 Å². The first-order chi connectivity index (χ1) is 16.2. The summed E-state index contributed by atoms with van der Waals surface area (Å²) in [6.07, 6.45) is 17.3. The van der Waals surface area contributed by atoms with E-state index in [0.29, 0.717) is 23.0 Å². The number of hydrogen-bond donors (Lipinski definition) is 1. The predicted molar refractivity (Wildman–Crippen MR) is 142 cm³/mol. The van der Waals surface area contributed by atoms with E-state index in [1.807, 2.05) is 0 Å². The van der Waals surface area contributed by atoms with Gasteiger partial charge in [-0.2, -0.15) is 0 Å². The Bertz CT molecular complexity index is 912. The van der Waals surface area contributed by atoms with Crippen molar-refractivity contribution < 1.29 is 4.79 Å². The Hall–Kier alpha value is -1.19. The molecular weight excluding hydrogens is 416 g/mol. The van der Waals surface area contributed by atoms with Gasteiger partial charge >= 0.3 is 0 Å². The number of carbonyl (C=O) groups excluding carboxylic acids is 1. The van der Waals surface area contributed by atoms with Crippen LogP contribution in [0, 0.1) is 40.4 Å². The first kappa shape index (κ1) is 24.5. The zero-order valence-electron chi connectivity index (χ0n) is 22.6. The van der Waals surface area contributed by atoms with E-state index < -0.39 is 0 Å². The number of hydrogen-bond acceptors (Lipinski definition) is 3. The third-order valence-electron chi connectivity index (χ3n) is 11.4. The van der Waals surface area contributed by atoms with Gasteiger partial charge in [-0.05, 0) is 119 Å². The van der Waals surface area contributed by atoms with E-state index in [1.165, 1.54) is 44.1 Å². The molecule has 1 N–H and O–H groups in total. The minimum Gasteiger partial charge on any atom is -0.313 e. The van der Waals surface area contributed by atoms with E-state index in [-0.39, 0.29) is 17.4 Å². The molecule has 5 aliphatic rings. The molecular formula is C31H48N2O. The van der Waals surface area contributed by atoms with Crippen molar-refractivity contribution in [3.63, 3.8) is 0 Å². The number of likely N-dealkylation sites (N-methyl/N-ethyl adjacent to an activating group) is 1. The highest BCUT2D eigenvalue weighted by atomic mass is 16.1. The number of nitrogens with zero attached hydrogens (tertiary/aromatic N) is 1. The van der Waals surface area contributed by atoms with Gasteiger partial charge in [-0.1, -0.05) is 50.1 Å². The average Bonchev–Trinajstić information content (AvgIpc) is 3.15. The van der Waals surface area contributed by atoms with E-state index in [2.05, 4.69) is 70.2 Å². The molecule has 0 radical (unpaired) electrons. The molecule has 0 saturated heterocycles. The lowest BCUT2D eigenvalue weighted by molar-refractivity contribution is -0.140. The van der Waals surface area contributed by atoms with Crippen molar-refractivity contribution in [2.45, 2.75) is 85.1 Å². The van der Waals surface area contributed by atoms with Crippen LogP contribution in [0.3, 0.4) is 0 Å². The zero-order valence-corrected chi connectivity index (χ0v) is 22.6. The molecule has 0 aromatic heterocycles. The van der Waals surface area contributed by atoms with Crippen LogP contribution >= 0.6 is 0 Å². The van der Waals surface area contributed by atoms with Crippen molar-refractivity contribution in [3.8, 4) is 0 Å². The summed E-state index contributed by atoms with van der Waals surface area (Å²) in [7, 11) is 4.16. The summed E-state index contributed by atoms with van der Waals surface area (Å²) in [6, 6.07) is 0.129. The fourth-order valence-electron chi connectivity index (χ4n) is 9.24. The number of ketones is 1. The number of fused-ring (bicyclic) bond motifs is 5. The maximum Gasteiger partial charge on any atom is 0.153 e. The van der Waals surface area contributed by atoms with Gasteiger partial charge in [-0.15, -0.1) is 0 Å². The fraction of sp³-hybridized carbons (Fsp3) is 0.774. The molecule has 1 heterocycles. The quantitative estimate of drug-likeness (QED) is 0.505. The molecule has 188 valence electrons. The summed E-state index contributed by atoms with van der Waals surface area (Å²) in [5.41, 5.74) is 5.43. The highest BCUT2D eigenvalue weighted by Gasteiger charge is 2.59. The molecule has 8 atom stereocenters. The van der Waals surface area contributed by atoms with Gasteiger partial charge in [-0.3, -0.25) is 9.69 Å². The second-order valence-electron chi connectivity index (χ2n) is 13.2. The molecule has 3 nitrogen and oxygen atoms in total. The number of allylic oxidation sites excluding steroid dienone is 4. The molecule has 1 aliphatic heterocycles. The van der Waals surface area contributed by atoms with Crippen LogP contribution in [0.25, 0.3) is 0 Å². The standard InChI is InChI=1S/C31H48N2O/c1-20(7-8-22-15-18-32-19-21(22)2)24-11-12-25-23-9-10-27-29(34)28(33(5)6)14-17-31(27,4)26(23)13-16-30(24,25)3/h7-9,20,24-28,32H,10-19H2,1-6H3. The molecule has 0 amide bonds. The lowest BCUT2D eigenvalue weighted by Crippen LogP contribution is -2.55. The molecule has 3 fully saturated rings. The van der Waals surface area contributed by atoms with Crippen LogP contribution in [0.4, 0.5) is 0 Å². The summed E-state index contributed by atoms with van der Waals surface area (Å²) in [6.45, 7) is 12.0. The fourth-order valence-corrected chi connectivity index (χ4v) is 9.24. The number of Topliss-reactive ketones (excluding diaryl/α,β-unsaturated/α-hetero) is 1. The summed E-state index contributed by atoms with van der Waals surface area (Å²) in [5.74, 6) is 3.51. The third kappa shape index (κ3) is 3.81. The van der Waals surface area contributed by atoms with Crippen molar-refractivity contribution in [2.75, 3.05) is 27.2 Å². The minimum atomic E-state index is 0.129. The Kier molecular flexibility index (Phi) is 6.51. The molecule has 0 aromatic rings. The van der Waals surface area contributed by atoms with Crippen molar-refractivity contribution >= 4 is 5.78 Å². The topological polar surface area (TPSA) is 32.3 Å².